The smallest absolute Gasteiger partial charge is 0.150 e. The van der Waals surface area contributed by atoms with Crippen LogP contribution in [0.4, 0.5) is 0 Å². The third-order valence-electron chi connectivity index (χ3n) is 1.89. The highest BCUT2D eigenvalue weighted by molar-refractivity contribution is 5.65. The molecule has 0 aliphatic carbocycles. The van der Waals surface area contributed by atoms with Crippen molar-refractivity contribution >= 4 is 12.6 Å². The average molecular weight is 220 g/mol. The number of hydrogen-bond acceptors (Lipinski definition) is 6. The maximum atomic E-state index is 10.7. The number of aldehydes is 2. The van der Waals surface area contributed by atoms with E-state index < -0.39 is 11.1 Å². The molecule has 0 N–H and O–H groups in total. The lowest BCUT2D eigenvalue weighted by molar-refractivity contribution is -0.113. The lowest BCUT2D eigenvalue weighted by atomic mass is 10.0. The van der Waals surface area contributed by atoms with Gasteiger partial charge >= 0.3 is 0 Å². The number of nitriles is 2. The minimum Gasteiger partial charge on any atom is -0.301 e. The van der Waals surface area contributed by atoms with Crippen LogP contribution in [0.1, 0.15) is 26.7 Å². The molecule has 0 aromatic heterocycles. The quantitative estimate of drug-likeness (QED) is 0.494. The first kappa shape index (κ1) is 13.9. The zero-order valence-corrected chi connectivity index (χ0v) is 9.17. The number of hydrogen-bond donors (Lipinski definition) is 0. The van der Waals surface area contributed by atoms with Crippen LogP contribution in [0, 0.1) is 22.7 Å². The predicted octanol–water partition coefficient (Wildman–Crippen LogP) is 1.18. The van der Waals surface area contributed by atoms with Crippen molar-refractivity contribution in [3.8, 4) is 12.1 Å². The van der Waals surface area contributed by atoms with Crippen LogP contribution in [0.5, 0.6) is 0 Å². The summed E-state index contributed by atoms with van der Waals surface area (Å²) in [6, 6.07) is 3.61. The monoisotopic (exact) mass is 220 g/mol. The lowest BCUT2D eigenvalue weighted by Crippen LogP contribution is -2.27. The second-order valence-electron chi connectivity index (χ2n) is 3.82. The van der Waals surface area contributed by atoms with Gasteiger partial charge in [-0.1, -0.05) is 0 Å². The molecule has 0 bridgehead atoms. The lowest BCUT2D eigenvalue weighted by Gasteiger charge is -2.16. The van der Waals surface area contributed by atoms with Crippen molar-refractivity contribution in [2.45, 2.75) is 37.8 Å². The van der Waals surface area contributed by atoms with Gasteiger partial charge in [0, 0.05) is 0 Å². The highest BCUT2D eigenvalue weighted by atomic mass is 16.1. The van der Waals surface area contributed by atoms with Crippen LogP contribution in [0.25, 0.3) is 0 Å². The van der Waals surface area contributed by atoms with Gasteiger partial charge in [0.15, 0.2) is 0 Å². The van der Waals surface area contributed by atoms with Crippen molar-refractivity contribution in [1.29, 1.82) is 10.5 Å². The Labute approximate surface area is 93.6 Å². The average Bonchev–Trinajstić information content (AvgIpc) is 2.27. The van der Waals surface area contributed by atoms with Gasteiger partial charge in [0.2, 0.25) is 0 Å². The summed E-state index contributed by atoms with van der Waals surface area (Å²) in [4.78, 5) is 21.4. The fourth-order valence-corrected chi connectivity index (χ4v) is 0.750. The predicted molar refractivity (Wildman–Crippen MR) is 54.3 cm³/mol. The number of rotatable bonds is 6. The standard InChI is InChI=1S/C10H12N4O2/c1-9(7-15,3-5-11)13-14-10(2,8-16)4-6-12/h7-8H,3-4H2,1-2H3. The van der Waals surface area contributed by atoms with E-state index >= 15 is 0 Å². The molecule has 84 valence electrons. The Balaban J connectivity index is 4.93. The Hall–Kier alpha value is -2.08. The van der Waals surface area contributed by atoms with Crippen LogP contribution in [-0.2, 0) is 9.59 Å². The summed E-state index contributed by atoms with van der Waals surface area (Å²) in [5.74, 6) is 0. The molecule has 0 saturated heterocycles. The SMILES string of the molecule is CC(C=O)(CC#N)N=NC(C)(C=O)CC#N. The summed E-state index contributed by atoms with van der Waals surface area (Å²) in [5, 5.41) is 24.3. The van der Waals surface area contributed by atoms with E-state index in [0.29, 0.717) is 12.6 Å². The Morgan fingerprint density at radius 1 is 1.00 bits per heavy atom. The summed E-state index contributed by atoms with van der Waals surface area (Å²) < 4.78 is 0. The van der Waals surface area contributed by atoms with Crippen molar-refractivity contribution in [2.24, 2.45) is 10.2 Å². The summed E-state index contributed by atoms with van der Waals surface area (Å²) in [6.07, 6.45) is 0.748. The van der Waals surface area contributed by atoms with Gasteiger partial charge in [0.05, 0.1) is 25.0 Å². The fourth-order valence-electron chi connectivity index (χ4n) is 0.750. The van der Waals surface area contributed by atoms with E-state index in [1.54, 1.807) is 0 Å². The van der Waals surface area contributed by atoms with Crippen LogP contribution < -0.4 is 0 Å². The van der Waals surface area contributed by atoms with Gasteiger partial charge < -0.3 is 9.59 Å². The second-order valence-corrected chi connectivity index (χ2v) is 3.82. The first-order valence-corrected chi connectivity index (χ1v) is 4.56. The first-order chi connectivity index (χ1) is 7.45. The highest BCUT2D eigenvalue weighted by Crippen LogP contribution is 2.18. The molecule has 6 heteroatoms. The van der Waals surface area contributed by atoms with Crippen molar-refractivity contribution < 1.29 is 9.59 Å². The fraction of sp³-hybridized carbons (Fsp3) is 0.600. The molecule has 0 fully saturated rings. The molecule has 0 aromatic carbocycles. The molecule has 2 atom stereocenters. The molecule has 0 saturated carbocycles. The van der Waals surface area contributed by atoms with E-state index in [1.165, 1.54) is 13.8 Å². The molecule has 2 unspecified atom stereocenters. The zero-order chi connectivity index (χ0) is 12.7. The summed E-state index contributed by atoms with van der Waals surface area (Å²) in [5.41, 5.74) is -2.51. The molecule has 0 amide bonds. The van der Waals surface area contributed by atoms with E-state index in [2.05, 4.69) is 10.2 Å². The van der Waals surface area contributed by atoms with E-state index in [4.69, 9.17) is 10.5 Å². The first-order valence-electron chi connectivity index (χ1n) is 4.56. The minimum atomic E-state index is -1.26. The molecule has 0 aromatic rings. The molecular formula is C10H12N4O2. The largest absolute Gasteiger partial charge is 0.301 e. The van der Waals surface area contributed by atoms with Gasteiger partial charge in [-0.3, -0.25) is 0 Å². The molecule has 0 heterocycles. The highest BCUT2D eigenvalue weighted by Gasteiger charge is 2.27. The van der Waals surface area contributed by atoms with Gasteiger partial charge in [-0.05, 0) is 13.8 Å². The molecule has 0 spiro atoms. The van der Waals surface area contributed by atoms with Crippen molar-refractivity contribution in [2.75, 3.05) is 0 Å². The number of carbonyl (C=O) groups excluding carboxylic acids is 2. The number of azo groups is 1. The van der Waals surface area contributed by atoms with E-state index in [0.717, 1.165) is 0 Å². The number of carbonyl (C=O) groups is 2. The Morgan fingerprint density at radius 3 is 1.50 bits per heavy atom. The van der Waals surface area contributed by atoms with Crippen molar-refractivity contribution in [3.63, 3.8) is 0 Å². The van der Waals surface area contributed by atoms with E-state index in [1.807, 2.05) is 12.1 Å². The summed E-state index contributed by atoms with van der Waals surface area (Å²) in [7, 11) is 0. The molecule has 0 aliphatic rings. The van der Waals surface area contributed by atoms with Gasteiger partial charge in [-0.25, -0.2) is 0 Å². The third kappa shape index (κ3) is 3.97. The summed E-state index contributed by atoms with van der Waals surface area (Å²) >= 11 is 0. The van der Waals surface area contributed by atoms with Crippen LogP contribution in [-0.4, -0.2) is 23.7 Å². The summed E-state index contributed by atoms with van der Waals surface area (Å²) in [6.45, 7) is 2.87. The Morgan fingerprint density at radius 2 is 1.31 bits per heavy atom. The Kier molecular flexibility index (Phi) is 4.97. The zero-order valence-electron chi connectivity index (χ0n) is 9.17. The molecule has 16 heavy (non-hydrogen) atoms. The second kappa shape index (κ2) is 5.72. The van der Waals surface area contributed by atoms with E-state index in [-0.39, 0.29) is 12.8 Å². The van der Waals surface area contributed by atoms with Crippen LogP contribution in [0.3, 0.4) is 0 Å². The molecular weight excluding hydrogens is 208 g/mol. The molecule has 0 rings (SSSR count). The maximum Gasteiger partial charge on any atom is 0.150 e. The Bertz CT molecular complexity index is 343. The normalized spacial score (nSPS) is 17.8. The minimum absolute atomic E-state index is 0.124. The van der Waals surface area contributed by atoms with Crippen molar-refractivity contribution in [1.82, 2.24) is 0 Å². The van der Waals surface area contributed by atoms with Crippen LogP contribution >= 0.6 is 0 Å². The topological polar surface area (TPSA) is 106 Å². The molecule has 0 aliphatic heterocycles. The maximum absolute atomic E-state index is 10.7. The van der Waals surface area contributed by atoms with Crippen LogP contribution in [0.15, 0.2) is 10.2 Å². The van der Waals surface area contributed by atoms with E-state index in [9.17, 15) is 9.59 Å². The van der Waals surface area contributed by atoms with Gasteiger partial charge in [-0.15, -0.1) is 0 Å². The number of nitrogens with zero attached hydrogens (tertiary/aromatic N) is 4. The van der Waals surface area contributed by atoms with Gasteiger partial charge in [-0.2, -0.15) is 20.8 Å². The molecule has 6 nitrogen and oxygen atoms in total. The third-order valence-corrected chi connectivity index (χ3v) is 1.89. The van der Waals surface area contributed by atoms with Crippen molar-refractivity contribution in [3.05, 3.63) is 0 Å². The molecule has 0 radical (unpaired) electrons. The van der Waals surface area contributed by atoms with Gasteiger partial charge in [0.25, 0.3) is 0 Å². The van der Waals surface area contributed by atoms with Gasteiger partial charge in [0.1, 0.15) is 23.7 Å². The van der Waals surface area contributed by atoms with Crippen LogP contribution in [0.2, 0.25) is 0 Å².